The number of sulfonamides is 1. The summed E-state index contributed by atoms with van der Waals surface area (Å²) >= 11 is 0.972. The second kappa shape index (κ2) is 4.35. The van der Waals surface area contributed by atoms with Gasteiger partial charge in [-0.2, -0.15) is 13.7 Å². The molecule has 1 aliphatic heterocycles. The number of nitriles is 1. The minimum atomic E-state index is -3.89. The number of amidine groups is 1. The van der Waals surface area contributed by atoms with Crippen LogP contribution in [0.3, 0.4) is 0 Å². The van der Waals surface area contributed by atoms with Crippen molar-refractivity contribution in [1.82, 2.24) is 0 Å². The first-order valence-corrected chi connectivity index (χ1v) is 6.87. The molecule has 0 saturated carbocycles. The Morgan fingerprint density at radius 2 is 2.29 bits per heavy atom. The molecule has 2 rings (SSSR count). The van der Waals surface area contributed by atoms with Gasteiger partial charge in [0, 0.05) is 0 Å². The maximum Gasteiger partial charge on any atom is 0.286 e. The van der Waals surface area contributed by atoms with E-state index in [0.717, 1.165) is 23.9 Å². The normalized spacial score (nSPS) is 16.4. The fourth-order valence-electron chi connectivity index (χ4n) is 1.27. The number of thioether (sulfide) groups is 1. The van der Waals surface area contributed by atoms with Crippen molar-refractivity contribution in [3.63, 3.8) is 0 Å². The van der Waals surface area contributed by atoms with Gasteiger partial charge in [-0.1, -0.05) is 11.8 Å². The van der Waals surface area contributed by atoms with Crippen molar-refractivity contribution in [3.8, 4) is 6.07 Å². The van der Waals surface area contributed by atoms with Crippen LogP contribution in [0.15, 0.2) is 27.5 Å². The maximum absolute atomic E-state index is 12.9. The van der Waals surface area contributed by atoms with Gasteiger partial charge in [0.1, 0.15) is 10.7 Å². The van der Waals surface area contributed by atoms with Crippen molar-refractivity contribution >= 4 is 32.6 Å². The summed E-state index contributed by atoms with van der Waals surface area (Å²) < 4.78 is 39.8. The van der Waals surface area contributed by atoms with Crippen LogP contribution in [0.1, 0.15) is 0 Å². The highest BCUT2D eigenvalue weighted by atomic mass is 32.2. The van der Waals surface area contributed by atoms with Crippen LogP contribution in [0.5, 0.6) is 0 Å². The predicted octanol–water partition coefficient (Wildman–Crippen LogP) is 1.55. The molecule has 0 radical (unpaired) electrons. The third kappa shape index (κ3) is 2.40. The van der Waals surface area contributed by atoms with Crippen LogP contribution in [0.2, 0.25) is 0 Å². The van der Waals surface area contributed by atoms with E-state index < -0.39 is 15.8 Å². The molecule has 1 aromatic carbocycles. The van der Waals surface area contributed by atoms with Gasteiger partial charge in [0.15, 0.2) is 5.17 Å². The molecule has 0 unspecified atom stereocenters. The maximum atomic E-state index is 12.9. The Bertz CT molecular complexity index is 634. The molecule has 0 amide bonds. The van der Waals surface area contributed by atoms with Gasteiger partial charge in [-0.05, 0) is 18.2 Å². The largest absolute Gasteiger partial charge is 0.333 e. The molecule has 0 aliphatic carbocycles. The van der Waals surface area contributed by atoms with E-state index in [1.165, 1.54) is 6.07 Å². The minimum Gasteiger partial charge on any atom is -0.333 e. The van der Waals surface area contributed by atoms with Crippen LogP contribution < -0.4 is 5.32 Å². The van der Waals surface area contributed by atoms with Crippen LogP contribution >= 0.6 is 11.8 Å². The number of anilines is 1. The van der Waals surface area contributed by atoms with Gasteiger partial charge in [0.05, 0.1) is 17.5 Å². The molecule has 0 spiro atoms. The molecule has 1 aliphatic rings. The first kappa shape index (κ1) is 11.9. The molecule has 17 heavy (non-hydrogen) atoms. The topological polar surface area (TPSA) is 82.3 Å². The quantitative estimate of drug-likeness (QED) is 0.838. The second-order valence-electron chi connectivity index (χ2n) is 3.08. The fraction of sp³-hybridized carbons (Fsp3) is 0.111. The van der Waals surface area contributed by atoms with Crippen LogP contribution in [0.25, 0.3) is 0 Å². The first-order chi connectivity index (χ1) is 8.03. The molecule has 1 aromatic rings. The first-order valence-electron chi connectivity index (χ1n) is 4.44. The van der Waals surface area contributed by atoms with E-state index in [2.05, 4.69) is 9.71 Å². The molecule has 0 fully saturated rings. The van der Waals surface area contributed by atoms with Crippen molar-refractivity contribution in [2.24, 2.45) is 4.40 Å². The van der Waals surface area contributed by atoms with Crippen LogP contribution in [0.4, 0.5) is 10.1 Å². The Balaban J connectivity index is 2.44. The van der Waals surface area contributed by atoms with E-state index in [9.17, 15) is 12.8 Å². The van der Waals surface area contributed by atoms with Crippen molar-refractivity contribution in [3.05, 3.63) is 24.0 Å². The standard InChI is InChI=1S/C9H6FN3O2S2/c10-6-1-2-7-8(5-6)17(14,15)13-9(12-7)16-4-3-11/h1-2,5H,4H2,(H,12,13). The Hall–Kier alpha value is -1.59. The average molecular weight is 271 g/mol. The minimum absolute atomic E-state index is 0.0812. The lowest BCUT2D eigenvalue weighted by Gasteiger charge is -2.16. The van der Waals surface area contributed by atoms with Gasteiger partial charge in [-0.3, -0.25) is 0 Å². The van der Waals surface area contributed by atoms with Crippen LogP contribution in [-0.2, 0) is 10.0 Å². The van der Waals surface area contributed by atoms with E-state index >= 15 is 0 Å². The second-order valence-corrected chi connectivity index (χ2v) is 5.62. The number of nitrogens with zero attached hydrogens (tertiary/aromatic N) is 2. The number of benzene rings is 1. The van der Waals surface area contributed by atoms with Crippen molar-refractivity contribution in [2.75, 3.05) is 11.1 Å². The zero-order valence-electron chi connectivity index (χ0n) is 8.34. The monoisotopic (exact) mass is 271 g/mol. The molecule has 0 saturated heterocycles. The van der Waals surface area contributed by atoms with Gasteiger partial charge in [0.25, 0.3) is 10.0 Å². The third-order valence-corrected chi connectivity index (χ3v) is 4.11. The molecule has 5 nitrogen and oxygen atoms in total. The number of hydrogen-bond acceptors (Lipinski definition) is 5. The summed E-state index contributed by atoms with van der Waals surface area (Å²) in [5, 5.41) is 11.3. The van der Waals surface area contributed by atoms with E-state index in [4.69, 9.17) is 5.26 Å². The molecule has 1 heterocycles. The Morgan fingerprint density at radius 3 is 3.00 bits per heavy atom. The Labute approximate surface area is 101 Å². The van der Waals surface area contributed by atoms with Crippen LogP contribution in [-0.4, -0.2) is 19.3 Å². The molecule has 0 atom stereocenters. The van der Waals surface area contributed by atoms with E-state index in [-0.39, 0.29) is 21.5 Å². The summed E-state index contributed by atoms with van der Waals surface area (Å²) in [5.74, 6) is -0.560. The molecular formula is C9H6FN3O2S2. The third-order valence-electron chi connectivity index (χ3n) is 1.94. The molecule has 0 aromatic heterocycles. The van der Waals surface area contributed by atoms with Crippen molar-refractivity contribution < 1.29 is 12.8 Å². The van der Waals surface area contributed by atoms with Gasteiger partial charge < -0.3 is 5.32 Å². The number of hydrogen-bond donors (Lipinski definition) is 1. The molecule has 88 valence electrons. The van der Waals surface area contributed by atoms with E-state index in [1.54, 1.807) is 0 Å². The summed E-state index contributed by atoms with van der Waals surface area (Å²) in [5.41, 5.74) is 0.266. The molecule has 1 N–H and O–H groups in total. The van der Waals surface area contributed by atoms with Crippen molar-refractivity contribution in [1.29, 1.82) is 5.26 Å². The number of halogens is 1. The van der Waals surface area contributed by atoms with E-state index in [1.807, 2.05) is 6.07 Å². The summed E-state index contributed by atoms with van der Waals surface area (Å²) in [6.07, 6.45) is 0. The smallest absolute Gasteiger partial charge is 0.286 e. The summed E-state index contributed by atoms with van der Waals surface area (Å²) in [6, 6.07) is 5.25. The Morgan fingerprint density at radius 1 is 1.53 bits per heavy atom. The molecule has 8 heteroatoms. The number of rotatable bonds is 1. The van der Waals surface area contributed by atoms with Crippen LogP contribution in [0, 0.1) is 17.1 Å². The van der Waals surface area contributed by atoms with Gasteiger partial charge >= 0.3 is 0 Å². The highest BCUT2D eigenvalue weighted by molar-refractivity contribution is 8.15. The lowest BCUT2D eigenvalue weighted by molar-refractivity contribution is 0.592. The lowest BCUT2D eigenvalue weighted by atomic mass is 10.3. The van der Waals surface area contributed by atoms with Gasteiger partial charge in [-0.15, -0.1) is 4.40 Å². The van der Waals surface area contributed by atoms with Gasteiger partial charge in [-0.25, -0.2) is 4.39 Å². The number of nitrogens with one attached hydrogen (secondary N) is 1. The van der Waals surface area contributed by atoms with Gasteiger partial charge in [0.2, 0.25) is 0 Å². The highest BCUT2D eigenvalue weighted by Gasteiger charge is 2.25. The van der Waals surface area contributed by atoms with E-state index in [0.29, 0.717) is 0 Å². The summed E-state index contributed by atoms with van der Waals surface area (Å²) in [4.78, 5) is -0.196. The Kier molecular flexibility index (Phi) is 3.04. The average Bonchev–Trinajstić information content (AvgIpc) is 2.27. The fourth-order valence-corrected chi connectivity index (χ4v) is 3.18. The zero-order valence-corrected chi connectivity index (χ0v) is 9.98. The lowest BCUT2D eigenvalue weighted by Crippen LogP contribution is -2.19. The molecular weight excluding hydrogens is 265 g/mol. The zero-order chi connectivity index (χ0) is 12.5. The summed E-state index contributed by atoms with van der Waals surface area (Å²) in [7, 11) is -3.89. The van der Waals surface area contributed by atoms with Crippen molar-refractivity contribution in [2.45, 2.75) is 4.90 Å². The summed E-state index contributed by atoms with van der Waals surface area (Å²) in [6.45, 7) is 0. The predicted molar refractivity (Wildman–Crippen MR) is 62.7 cm³/mol. The SMILES string of the molecule is N#CCSC1=NS(=O)(=O)c2cc(F)ccc2N1. The molecule has 0 bridgehead atoms. The number of fused-ring (bicyclic) bond motifs is 1. The highest BCUT2D eigenvalue weighted by Crippen LogP contribution is 2.29.